The molecule has 5 nitrogen and oxygen atoms in total. The van der Waals surface area contributed by atoms with Crippen LogP contribution < -0.4 is 0 Å². The topological polar surface area (TPSA) is 74.7 Å². The minimum atomic E-state index is -1.20. The Morgan fingerprint density at radius 3 is 2.07 bits per heavy atom. The normalized spacial score (nSPS) is 14.4. The summed E-state index contributed by atoms with van der Waals surface area (Å²) in [4.78, 5) is 39.0. The third-order valence-electron chi connectivity index (χ3n) is 4.81. The smallest absolute Gasteiger partial charge is 0.255 e. The second-order valence-corrected chi connectivity index (χ2v) is 6.73. The van der Waals surface area contributed by atoms with Crippen LogP contribution in [0.3, 0.4) is 0 Å². The van der Waals surface area contributed by atoms with E-state index < -0.39 is 18.4 Å². The largest absolute Gasteiger partial charge is 0.388 e. The summed E-state index contributed by atoms with van der Waals surface area (Å²) in [7, 11) is 0. The Labute approximate surface area is 158 Å². The molecule has 0 aromatic heterocycles. The zero-order chi connectivity index (χ0) is 19.4. The number of hydrogen-bond acceptors (Lipinski definition) is 4. The highest BCUT2D eigenvalue weighted by atomic mass is 16.3. The Morgan fingerprint density at radius 2 is 1.56 bits per heavy atom. The lowest BCUT2D eigenvalue weighted by atomic mass is 10.0. The van der Waals surface area contributed by atoms with Gasteiger partial charge in [0.2, 0.25) is 0 Å². The van der Waals surface area contributed by atoms with E-state index >= 15 is 0 Å². The molecule has 0 saturated heterocycles. The second kappa shape index (κ2) is 8.27. The molecule has 1 aliphatic carbocycles. The van der Waals surface area contributed by atoms with Crippen LogP contribution in [-0.2, 0) is 9.59 Å². The van der Waals surface area contributed by atoms with Crippen molar-refractivity contribution in [3.8, 4) is 11.1 Å². The molecule has 1 aliphatic rings. The number of nitrogens with zero attached hydrogens (tertiary/aromatic N) is 1. The Morgan fingerprint density at radius 1 is 0.963 bits per heavy atom. The van der Waals surface area contributed by atoms with Crippen molar-refractivity contribution in [2.75, 3.05) is 6.61 Å². The van der Waals surface area contributed by atoms with Gasteiger partial charge in [-0.25, -0.2) is 0 Å². The summed E-state index contributed by atoms with van der Waals surface area (Å²) in [6.07, 6.45) is 1.67. The SMILES string of the molecule is CCC(=O)C(C(=O)CO)N(C(=O)c1ccc(-c2ccccc2)cc1)C1CC1. The first-order valence-electron chi connectivity index (χ1n) is 9.21. The van der Waals surface area contributed by atoms with Crippen molar-refractivity contribution in [3.63, 3.8) is 0 Å². The lowest BCUT2D eigenvalue weighted by Crippen LogP contribution is -2.51. The van der Waals surface area contributed by atoms with Crippen LogP contribution in [0.2, 0.25) is 0 Å². The van der Waals surface area contributed by atoms with Crippen LogP contribution in [-0.4, -0.2) is 46.2 Å². The zero-order valence-corrected chi connectivity index (χ0v) is 15.3. The van der Waals surface area contributed by atoms with Crippen molar-refractivity contribution in [3.05, 3.63) is 60.2 Å². The standard InChI is InChI=1S/C22H23NO4/c1-2-19(25)21(20(26)14-24)23(18-12-13-18)22(27)17-10-8-16(9-11-17)15-6-4-3-5-7-15/h3-11,18,21,24H,2,12-14H2,1H3. The van der Waals surface area contributed by atoms with Crippen LogP contribution in [0.1, 0.15) is 36.5 Å². The van der Waals surface area contributed by atoms with Crippen molar-refractivity contribution in [1.29, 1.82) is 0 Å². The van der Waals surface area contributed by atoms with Gasteiger partial charge in [-0.2, -0.15) is 0 Å². The Kier molecular flexibility index (Phi) is 5.81. The number of carbonyl (C=O) groups is 3. The van der Waals surface area contributed by atoms with Crippen LogP contribution >= 0.6 is 0 Å². The Hall–Kier alpha value is -2.79. The predicted octanol–water partition coefficient (Wildman–Crippen LogP) is 2.87. The molecule has 1 atom stereocenters. The number of aliphatic hydroxyl groups excluding tert-OH is 1. The number of amides is 1. The van der Waals surface area contributed by atoms with E-state index in [2.05, 4.69) is 0 Å². The van der Waals surface area contributed by atoms with Gasteiger partial charge in [0.15, 0.2) is 17.6 Å². The summed E-state index contributed by atoms with van der Waals surface area (Å²) in [5, 5.41) is 9.28. The van der Waals surface area contributed by atoms with E-state index in [1.165, 1.54) is 4.90 Å². The fourth-order valence-corrected chi connectivity index (χ4v) is 3.20. The Bertz CT molecular complexity index is 809. The molecule has 2 aromatic rings. The molecule has 1 amide bonds. The molecular weight excluding hydrogens is 342 g/mol. The number of carbonyl (C=O) groups excluding carboxylic acids is 3. The minimum Gasteiger partial charge on any atom is -0.388 e. The van der Waals surface area contributed by atoms with E-state index in [-0.39, 0.29) is 24.2 Å². The van der Waals surface area contributed by atoms with Gasteiger partial charge in [-0.05, 0) is 36.1 Å². The van der Waals surface area contributed by atoms with Crippen molar-refractivity contribution in [1.82, 2.24) is 4.90 Å². The van der Waals surface area contributed by atoms with Crippen LogP contribution in [0.4, 0.5) is 0 Å². The molecule has 1 saturated carbocycles. The van der Waals surface area contributed by atoms with Crippen LogP contribution in [0.5, 0.6) is 0 Å². The maximum absolute atomic E-state index is 13.1. The van der Waals surface area contributed by atoms with E-state index in [1.807, 2.05) is 42.5 Å². The highest BCUT2D eigenvalue weighted by molar-refractivity contribution is 6.11. The van der Waals surface area contributed by atoms with E-state index in [1.54, 1.807) is 19.1 Å². The lowest BCUT2D eigenvalue weighted by Gasteiger charge is -2.29. The molecule has 3 rings (SSSR count). The number of ketones is 2. The summed E-state index contributed by atoms with van der Waals surface area (Å²) in [6, 6.07) is 15.7. The summed E-state index contributed by atoms with van der Waals surface area (Å²) in [5.74, 6) is -1.30. The molecule has 0 heterocycles. The summed E-state index contributed by atoms with van der Waals surface area (Å²) in [6.45, 7) is 0.907. The van der Waals surface area contributed by atoms with Gasteiger partial charge in [0.1, 0.15) is 6.61 Å². The van der Waals surface area contributed by atoms with Crippen molar-refractivity contribution in [2.24, 2.45) is 0 Å². The van der Waals surface area contributed by atoms with Crippen molar-refractivity contribution < 1.29 is 19.5 Å². The third-order valence-corrected chi connectivity index (χ3v) is 4.81. The second-order valence-electron chi connectivity index (χ2n) is 6.73. The fourth-order valence-electron chi connectivity index (χ4n) is 3.20. The first-order valence-corrected chi connectivity index (χ1v) is 9.21. The molecule has 140 valence electrons. The molecule has 27 heavy (non-hydrogen) atoms. The molecule has 0 spiro atoms. The number of Topliss-reactive ketones (excluding diaryl/α,β-unsaturated/α-hetero) is 2. The maximum atomic E-state index is 13.1. The average molecular weight is 365 g/mol. The number of rotatable bonds is 8. The van der Waals surface area contributed by atoms with Crippen molar-refractivity contribution in [2.45, 2.75) is 38.3 Å². The third kappa shape index (κ3) is 4.14. The summed E-state index contributed by atoms with van der Waals surface area (Å²) >= 11 is 0. The van der Waals surface area contributed by atoms with Gasteiger partial charge in [-0.1, -0.05) is 49.4 Å². The van der Waals surface area contributed by atoms with Crippen LogP contribution in [0.25, 0.3) is 11.1 Å². The van der Waals surface area contributed by atoms with Crippen molar-refractivity contribution >= 4 is 17.5 Å². The van der Waals surface area contributed by atoms with Gasteiger partial charge < -0.3 is 10.0 Å². The molecule has 1 fully saturated rings. The van der Waals surface area contributed by atoms with Crippen LogP contribution in [0, 0.1) is 0 Å². The summed E-state index contributed by atoms with van der Waals surface area (Å²) < 4.78 is 0. The minimum absolute atomic E-state index is 0.123. The van der Waals surface area contributed by atoms with Gasteiger partial charge in [-0.15, -0.1) is 0 Å². The quantitative estimate of drug-likeness (QED) is 0.730. The van der Waals surface area contributed by atoms with Crippen LogP contribution in [0.15, 0.2) is 54.6 Å². The van der Waals surface area contributed by atoms with E-state index in [0.717, 1.165) is 24.0 Å². The molecular formula is C22H23NO4. The van der Waals surface area contributed by atoms with E-state index in [9.17, 15) is 19.5 Å². The molecule has 0 radical (unpaired) electrons. The fraction of sp³-hybridized carbons (Fsp3) is 0.318. The van der Waals surface area contributed by atoms with Gasteiger partial charge in [-0.3, -0.25) is 14.4 Å². The highest BCUT2D eigenvalue weighted by Gasteiger charge is 2.43. The van der Waals surface area contributed by atoms with Gasteiger partial charge in [0, 0.05) is 18.0 Å². The van der Waals surface area contributed by atoms with Gasteiger partial charge in [0.05, 0.1) is 0 Å². The van der Waals surface area contributed by atoms with E-state index in [4.69, 9.17) is 0 Å². The van der Waals surface area contributed by atoms with Gasteiger partial charge in [0.25, 0.3) is 5.91 Å². The highest BCUT2D eigenvalue weighted by Crippen LogP contribution is 2.31. The molecule has 5 heteroatoms. The number of hydrogen-bond donors (Lipinski definition) is 1. The average Bonchev–Trinajstić information content (AvgIpc) is 3.56. The molecule has 1 N–H and O–H groups in total. The van der Waals surface area contributed by atoms with E-state index in [0.29, 0.717) is 5.56 Å². The monoisotopic (exact) mass is 365 g/mol. The number of aliphatic hydroxyl groups is 1. The first-order chi connectivity index (χ1) is 13.1. The molecule has 1 unspecified atom stereocenters. The van der Waals surface area contributed by atoms with Gasteiger partial charge >= 0.3 is 0 Å². The predicted molar refractivity (Wildman–Crippen MR) is 102 cm³/mol. The first kappa shape index (κ1) is 19.0. The molecule has 0 aliphatic heterocycles. The molecule has 2 aromatic carbocycles. The Balaban J connectivity index is 1.89. The lowest BCUT2D eigenvalue weighted by molar-refractivity contribution is -0.135. The molecule has 0 bridgehead atoms. The summed E-state index contributed by atoms with van der Waals surface area (Å²) in [5.41, 5.74) is 2.46. The number of benzene rings is 2. The maximum Gasteiger partial charge on any atom is 0.255 e. The zero-order valence-electron chi connectivity index (χ0n) is 15.3.